The molecule has 1 unspecified atom stereocenters. The van der Waals surface area contributed by atoms with Crippen LogP contribution in [0.15, 0.2) is 36.2 Å². The van der Waals surface area contributed by atoms with Crippen LogP contribution >= 0.6 is 12.2 Å². The van der Waals surface area contributed by atoms with Gasteiger partial charge in [-0.3, -0.25) is 5.41 Å². The van der Waals surface area contributed by atoms with Crippen LogP contribution in [-0.2, 0) is 0 Å². The number of nitrogens with one attached hydrogen (secondary N) is 2. The van der Waals surface area contributed by atoms with Gasteiger partial charge in [-0.25, -0.2) is 4.57 Å². The van der Waals surface area contributed by atoms with Gasteiger partial charge >= 0.3 is 0 Å². The van der Waals surface area contributed by atoms with E-state index in [1.165, 1.54) is 0 Å². The molecule has 1 aliphatic heterocycles. The number of aromatic nitrogens is 1. The van der Waals surface area contributed by atoms with E-state index < -0.39 is 0 Å². The number of nitrogens with zero attached hydrogens (tertiary/aromatic N) is 1. The van der Waals surface area contributed by atoms with E-state index in [4.69, 9.17) is 17.6 Å². The average Bonchev–Trinajstić information content (AvgIpc) is 2.31. The molecule has 2 rings (SSSR count). The summed E-state index contributed by atoms with van der Waals surface area (Å²) in [5, 5.41) is 10.3. The average molecular weight is 218 g/mol. The van der Waals surface area contributed by atoms with E-state index in [9.17, 15) is 0 Å². The molecule has 2 N–H and O–H groups in total. The summed E-state index contributed by atoms with van der Waals surface area (Å²) in [5.41, 5.74) is 0.789. The van der Waals surface area contributed by atoms with Crippen LogP contribution in [0.5, 0.6) is 0 Å². The Balaban J connectivity index is 2.20. The summed E-state index contributed by atoms with van der Waals surface area (Å²) in [6.45, 7) is 0.818. The maximum Gasteiger partial charge on any atom is 0.180 e. The molecule has 3 nitrogen and oxygen atoms in total. The van der Waals surface area contributed by atoms with Crippen LogP contribution in [0, 0.1) is 5.41 Å². The highest BCUT2D eigenvalue weighted by Gasteiger charge is 2.26. The zero-order valence-electron chi connectivity index (χ0n) is 8.23. The summed E-state index contributed by atoms with van der Waals surface area (Å²) in [6, 6.07) is 6.32. The van der Waals surface area contributed by atoms with E-state index in [0.717, 1.165) is 18.5 Å². The molecule has 1 aromatic heterocycles. The molecule has 4 heteroatoms. The SMILES string of the molecule is N=C=C1CC([n+]2ccccc2)CNC1=S. The summed E-state index contributed by atoms with van der Waals surface area (Å²) in [6.07, 6.45) is 4.84. The van der Waals surface area contributed by atoms with Gasteiger partial charge < -0.3 is 5.32 Å². The van der Waals surface area contributed by atoms with Crippen molar-refractivity contribution in [3.05, 3.63) is 36.2 Å². The standard InChI is InChI=1S/C11H11N3S/c12-7-9-6-10(8-13-11(9)15)14-4-2-1-3-5-14/h1-5,10,12H,6,8H2/p+1. The molecule has 15 heavy (non-hydrogen) atoms. The number of hydrogen-bond donors (Lipinski definition) is 2. The third kappa shape index (κ3) is 2.12. The van der Waals surface area contributed by atoms with Crippen LogP contribution < -0.4 is 9.88 Å². The molecule has 76 valence electrons. The molecular formula is C11H12N3S+. The van der Waals surface area contributed by atoms with Gasteiger partial charge in [-0.15, -0.1) is 0 Å². The molecule has 1 aromatic rings. The third-order valence-corrected chi connectivity index (χ3v) is 2.91. The minimum atomic E-state index is 0.325. The highest BCUT2D eigenvalue weighted by molar-refractivity contribution is 7.80. The fourth-order valence-electron chi connectivity index (χ4n) is 1.69. The Morgan fingerprint density at radius 2 is 2.13 bits per heavy atom. The molecule has 0 aromatic carbocycles. The summed E-state index contributed by atoms with van der Waals surface area (Å²) in [5.74, 6) is 2.40. The van der Waals surface area contributed by atoms with Gasteiger partial charge in [-0.1, -0.05) is 18.3 Å². The van der Waals surface area contributed by atoms with Crippen molar-refractivity contribution in [2.75, 3.05) is 6.54 Å². The summed E-state index contributed by atoms with van der Waals surface area (Å²) in [7, 11) is 0. The van der Waals surface area contributed by atoms with Crippen molar-refractivity contribution >= 4 is 23.1 Å². The van der Waals surface area contributed by atoms with Crippen LogP contribution in [0.25, 0.3) is 0 Å². The molecule has 1 aliphatic rings. The fourth-order valence-corrected chi connectivity index (χ4v) is 1.91. The number of pyridine rings is 1. The first-order valence-electron chi connectivity index (χ1n) is 4.84. The Hall–Kier alpha value is -1.51. The van der Waals surface area contributed by atoms with Gasteiger partial charge in [-0.05, 0) is 5.87 Å². The monoisotopic (exact) mass is 218 g/mol. The molecule has 0 aliphatic carbocycles. The normalized spacial score (nSPS) is 20.7. The van der Waals surface area contributed by atoms with Gasteiger partial charge in [0, 0.05) is 18.6 Å². The van der Waals surface area contributed by atoms with Gasteiger partial charge in [0.15, 0.2) is 18.4 Å². The topological polar surface area (TPSA) is 39.8 Å². The molecule has 0 saturated carbocycles. The van der Waals surface area contributed by atoms with E-state index in [0.29, 0.717) is 11.0 Å². The highest BCUT2D eigenvalue weighted by Crippen LogP contribution is 2.14. The first-order chi connectivity index (χ1) is 7.31. The largest absolute Gasteiger partial charge is 0.369 e. The second-order valence-electron chi connectivity index (χ2n) is 3.49. The predicted octanol–water partition coefficient (Wildman–Crippen LogP) is 1.01. The minimum Gasteiger partial charge on any atom is -0.369 e. The quantitative estimate of drug-likeness (QED) is 0.320. The lowest BCUT2D eigenvalue weighted by Crippen LogP contribution is -2.49. The summed E-state index contributed by atoms with van der Waals surface area (Å²) >= 11 is 5.09. The molecule has 2 heterocycles. The number of thiocarbonyl (C=S) groups is 1. The highest BCUT2D eigenvalue weighted by atomic mass is 32.1. The lowest BCUT2D eigenvalue weighted by molar-refractivity contribution is -0.721. The van der Waals surface area contributed by atoms with Crippen LogP contribution in [0.2, 0.25) is 0 Å². The molecule has 0 bridgehead atoms. The Bertz CT molecular complexity index is 421. The van der Waals surface area contributed by atoms with Crippen LogP contribution in [0.1, 0.15) is 12.5 Å². The number of hydrogen-bond acceptors (Lipinski definition) is 2. The Morgan fingerprint density at radius 3 is 2.80 bits per heavy atom. The number of piperidine rings is 1. The maximum atomic E-state index is 7.16. The Kier molecular flexibility index (Phi) is 2.90. The van der Waals surface area contributed by atoms with Crippen molar-refractivity contribution < 1.29 is 4.57 Å². The smallest absolute Gasteiger partial charge is 0.180 e. The minimum absolute atomic E-state index is 0.325. The van der Waals surface area contributed by atoms with Gasteiger partial charge in [0.2, 0.25) is 0 Å². The zero-order chi connectivity index (χ0) is 10.7. The Labute approximate surface area is 93.9 Å². The molecule has 0 amide bonds. The second-order valence-corrected chi connectivity index (χ2v) is 3.90. The lowest BCUT2D eigenvalue weighted by atomic mass is 10.0. The van der Waals surface area contributed by atoms with E-state index in [1.54, 1.807) is 0 Å². The van der Waals surface area contributed by atoms with Crippen molar-refractivity contribution in [3.63, 3.8) is 0 Å². The van der Waals surface area contributed by atoms with Gasteiger partial charge in [-0.2, -0.15) is 0 Å². The predicted molar refractivity (Wildman–Crippen MR) is 62.1 cm³/mol. The molecule has 1 atom stereocenters. The molecule has 1 fully saturated rings. The van der Waals surface area contributed by atoms with E-state index in [2.05, 4.69) is 15.8 Å². The number of rotatable bonds is 1. The maximum absolute atomic E-state index is 7.16. The van der Waals surface area contributed by atoms with Gasteiger partial charge in [0.25, 0.3) is 0 Å². The summed E-state index contributed by atoms with van der Waals surface area (Å²) in [4.78, 5) is 0.665. The first-order valence-corrected chi connectivity index (χ1v) is 5.24. The van der Waals surface area contributed by atoms with Crippen LogP contribution in [0.3, 0.4) is 0 Å². The van der Waals surface area contributed by atoms with Crippen LogP contribution in [0.4, 0.5) is 0 Å². The van der Waals surface area contributed by atoms with Crippen LogP contribution in [-0.4, -0.2) is 17.4 Å². The van der Waals surface area contributed by atoms with Crippen molar-refractivity contribution in [1.29, 1.82) is 5.41 Å². The molecule has 0 radical (unpaired) electrons. The van der Waals surface area contributed by atoms with E-state index in [1.807, 2.05) is 30.6 Å². The van der Waals surface area contributed by atoms with Gasteiger partial charge in [0.1, 0.15) is 4.99 Å². The lowest BCUT2D eigenvalue weighted by Gasteiger charge is -2.21. The Morgan fingerprint density at radius 1 is 1.40 bits per heavy atom. The van der Waals surface area contributed by atoms with Crippen molar-refractivity contribution in [1.82, 2.24) is 5.32 Å². The fraction of sp³-hybridized carbons (Fsp3) is 0.273. The van der Waals surface area contributed by atoms with Crippen molar-refractivity contribution in [3.8, 4) is 0 Å². The van der Waals surface area contributed by atoms with Gasteiger partial charge in [0.05, 0.1) is 12.1 Å². The van der Waals surface area contributed by atoms with Crippen molar-refractivity contribution in [2.24, 2.45) is 0 Å². The van der Waals surface area contributed by atoms with E-state index >= 15 is 0 Å². The zero-order valence-corrected chi connectivity index (χ0v) is 9.05. The first kappa shape index (κ1) is 10.0. The summed E-state index contributed by atoms with van der Waals surface area (Å²) < 4.78 is 2.13. The second kappa shape index (κ2) is 4.34. The van der Waals surface area contributed by atoms with Crippen molar-refractivity contribution in [2.45, 2.75) is 12.5 Å². The molecule has 1 saturated heterocycles. The molecule has 0 spiro atoms. The van der Waals surface area contributed by atoms with E-state index in [-0.39, 0.29) is 0 Å². The third-order valence-electron chi connectivity index (χ3n) is 2.52. The molecular weight excluding hydrogens is 206 g/mol.